The number of carbonyl (C=O) groups is 1. The third kappa shape index (κ3) is 3.40. The SMILES string of the molecule is CCC1OCC2(c3cc(N)ccc3F)N=C(N(C(=O)O)C(C)(C)C)SCC12. The number of nitrogen functional groups attached to an aromatic ring is 1. The van der Waals surface area contributed by atoms with Crippen molar-refractivity contribution < 1.29 is 19.0 Å². The van der Waals surface area contributed by atoms with Crippen molar-refractivity contribution in [2.75, 3.05) is 18.1 Å². The number of amides is 1. The number of benzene rings is 1. The molecule has 2 heterocycles. The molecule has 27 heavy (non-hydrogen) atoms. The van der Waals surface area contributed by atoms with Crippen LogP contribution < -0.4 is 5.73 Å². The number of thioether (sulfide) groups is 1. The van der Waals surface area contributed by atoms with Crippen LogP contribution in [-0.4, -0.2) is 45.3 Å². The summed E-state index contributed by atoms with van der Waals surface area (Å²) in [4.78, 5) is 18.0. The maximum absolute atomic E-state index is 14.8. The van der Waals surface area contributed by atoms with E-state index in [2.05, 4.69) is 0 Å². The second-order valence-electron chi connectivity index (χ2n) is 8.02. The van der Waals surface area contributed by atoms with Crippen molar-refractivity contribution in [1.82, 2.24) is 4.90 Å². The van der Waals surface area contributed by atoms with Gasteiger partial charge in [0.05, 0.1) is 12.7 Å². The number of carboxylic acid groups (broad SMARTS) is 1. The van der Waals surface area contributed by atoms with E-state index in [-0.39, 0.29) is 18.6 Å². The zero-order valence-electron chi connectivity index (χ0n) is 16.0. The Morgan fingerprint density at radius 3 is 2.81 bits per heavy atom. The molecule has 8 heteroatoms. The van der Waals surface area contributed by atoms with Gasteiger partial charge in [-0.25, -0.2) is 14.2 Å². The van der Waals surface area contributed by atoms with Crippen molar-refractivity contribution in [3.8, 4) is 0 Å². The number of nitrogens with zero attached hydrogens (tertiary/aromatic N) is 2. The van der Waals surface area contributed by atoms with Crippen LogP contribution in [-0.2, 0) is 10.3 Å². The van der Waals surface area contributed by atoms with Crippen LogP contribution in [0.25, 0.3) is 0 Å². The third-order valence-electron chi connectivity index (χ3n) is 5.18. The predicted molar refractivity (Wildman–Crippen MR) is 106 cm³/mol. The highest BCUT2D eigenvalue weighted by atomic mass is 32.2. The van der Waals surface area contributed by atoms with Gasteiger partial charge in [0.2, 0.25) is 0 Å². The molecule has 2 aliphatic rings. The first-order valence-electron chi connectivity index (χ1n) is 9.03. The van der Waals surface area contributed by atoms with Crippen molar-refractivity contribution >= 4 is 28.7 Å². The molecule has 3 N–H and O–H groups in total. The monoisotopic (exact) mass is 395 g/mol. The first-order chi connectivity index (χ1) is 12.6. The summed E-state index contributed by atoms with van der Waals surface area (Å²) in [6, 6.07) is 4.45. The first kappa shape index (κ1) is 19.9. The van der Waals surface area contributed by atoms with Crippen LogP contribution in [0.3, 0.4) is 0 Å². The van der Waals surface area contributed by atoms with Crippen LogP contribution in [0.15, 0.2) is 23.2 Å². The predicted octanol–water partition coefficient (Wildman–Crippen LogP) is 3.91. The molecule has 0 radical (unpaired) electrons. The lowest BCUT2D eigenvalue weighted by atomic mass is 9.78. The third-order valence-corrected chi connectivity index (χ3v) is 6.24. The Bertz CT molecular complexity index is 780. The minimum atomic E-state index is -1.08. The summed E-state index contributed by atoms with van der Waals surface area (Å²) < 4.78 is 20.8. The molecule has 1 aromatic rings. The lowest BCUT2D eigenvalue weighted by molar-refractivity contribution is 0.0903. The largest absolute Gasteiger partial charge is 0.465 e. The van der Waals surface area contributed by atoms with E-state index in [1.165, 1.54) is 28.8 Å². The summed E-state index contributed by atoms with van der Waals surface area (Å²) >= 11 is 1.39. The van der Waals surface area contributed by atoms with Gasteiger partial charge in [0.15, 0.2) is 5.17 Å². The summed E-state index contributed by atoms with van der Waals surface area (Å²) in [5, 5.41) is 10.1. The molecule has 0 saturated carbocycles. The highest BCUT2D eigenvalue weighted by molar-refractivity contribution is 8.13. The molecular weight excluding hydrogens is 369 g/mol. The van der Waals surface area contributed by atoms with Crippen molar-refractivity contribution in [2.24, 2.45) is 10.9 Å². The molecule has 0 spiro atoms. The average molecular weight is 396 g/mol. The maximum Gasteiger partial charge on any atom is 0.413 e. The minimum absolute atomic E-state index is 0.0526. The molecule has 2 aliphatic heterocycles. The topological polar surface area (TPSA) is 88.2 Å². The maximum atomic E-state index is 14.8. The Kier molecular flexibility index (Phi) is 5.16. The van der Waals surface area contributed by atoms with Crippen LogP contribution in [0, 0.1) is 11.7 Å². The van der Waals surface area contributed by atoms with Gasteiger partial charge in [0.1, 0.15) is 11.4 Å². The van der Waals surface area contributed by atoms with E-state index in [0.717, 1.165) is 6.42 Å². The average Bonchev–Trinajstić information content (AvgIpc) is 2.94. The van der Waals surface area contributed by atoms with Crippen LogP contribution in [0.2, 0.25) is 0 Å². The number of anilines is 1. The van der Waals surface area contributed by atoms with E-state index in [1.807, 2.05) is 27.7 Å². The van der Waals surface area contributed by atoms with Crippen molar-refractivity contribution in [3.05, 3.63) is 29.6 Å². The molecule has 1 aromatic carbocycles. The second kappa shape index (κ2) is 6.98. The number of hydrogen-bond acceptors (Lipinski definition) is 5. The van der Waals surface area contributed by atoms with Gasteiger partial charge in [-0.15, -0.1) is 0 Å². The van der Waals surface area contributed by atoms with Gasteiger partial charge >= 0.3 is 6.09 Å². The smallest absolute Gasteiger partial charge is 0.413 e. The fourth-order valence-electron chi connectivity index (χ4n) is 3.88. The van der Waals surface area contributed by atoms with E-state index >= 15 is 0 Å². The molecule has 3 atom stereocenters. The molecule has 1 amide bonds. The fraction of sp³-hybridized carbons (Fsp3) is 0.579. The van der Waals surface area contributed by atoms with E-state index in [0.29, 0.717) is 22.2 Å². The van der Waals surface area contributed by atoms with Crippen LogP contribution in [0.1, 0.15) is 39.7 Å². The van der Waals surface area contributed by atoms with Crippen LogP contribution in [0.4, 0.5) is 14.9 Å². The number of halogens is 1. The molecule has 3 unspecified atom stereocenters. The summed E-state index contributed by atoms with van der Waals surface area (Å²) in [6.45, 7) is 7.66. The van der Waals surface area contributed by atoms with Crippen LogP contribution in [0.5, 0.6) is 0 Å². The first-order valence-corrected chi connectivity index (χ1v) is 10.0. The van der Waals surface area contributed by atoms with Gasteiger partial charge in [-0.2, -0.15) is 0 Å². The van der Waals surface area contributed by atoms with Gasteiger partial charge in [-0.05, 0) is 45.4 Å². The Hall–Kier alpha value is -1.80. The van der Waals surface area contributed by atoms with E-state index in [4.69, 9.17) is 15.5 Å². The molecule has 1 saturated heterocycles. The Morgan fingerprint density at radius 1 is 1.52 bits per heavy atom. The summed E-state index contributed by atoms with van der Waals surface area (Å²) in [6.07, 6.45) is -0.359. The van der Waals surface area contributed by atoms with Gasteiger partial charge < -0.3 is 15.6 Å². The lowest BCUT2D eigenvalue weighted by Gasteiger charge is -2.41. The molecule has 0 aliphatic carbocycles. The number of ether oxygens (including phenoxy) is 1. The Balaban J connectivity index is 2.19. The highest BCUT2D eigenvalue weighted by Crippen LogP contribution is 2.50. The number of aliphatic imine (C=N–C) groups is 1. The normalized spacial score (nSPS) is 27.8. The molecule has 0 bridgehead atoms. The Labute approximate surface area is 163 Å². The van der Waals surface area contributed by atoms with E-state index in [1.54, 1.807) is 6.07 Å². The Morgan fingerprint density at radius 2 is 2.22 bits per heavy atom. The van der Waals surface area contributed by atoms with Crippen LogP contribution >= 0.6 is 11.8 Å². The molecule has 1 fully saturated rings. The van der Waals surface area contributed by atoms with Gasteiger partial charge in [-0.3, -0.25) is 4.90 Å². The molecule has 3 rings (SSSR count). The zero-order valence-corrected chi connectivity index (χ0v) is 16.8. The molecule has 148 valence electrons. The van der Waals surface area contributed by atoms with Crippen molar-refractivity contribution in [2.45, 2.75) is 51.3 Å². The van der Waals surface area contributed by atoms with Gasteiger partial charge in [0.25, 0.3) is 0 Å². The highest BCUT2D eigenvalue weighted by Gasteiger charge is 2.54. The number of nitrogens with two attached hydrogens (primary N) is 1. The number of hydrogen-bond donors (Lipinski definition) is 2. The summed E-state index contributed by atoms with van der Waals surface area (Å²) in [5.41, 5.74) is 5.10. The van der Waals surface area contributed by atoms with E-state index < -0.39 is 23.0 Å². The van der Waals surface area contributed by atoms with Crippen molar-refractivity contribution in [3.63, 3.8) is 0 Å². The van der Waals surface area contributed by atoms with Gasteiger partial charge in [0, 0.05) is 28.5 Å². The summed E-state index contributed by atoms with van der Waals surface area (Å²) in [7, 11) is 0. The van der Waals surface area contributed by atoms with Gasteiger partial charge in [-0.1, -0.05) is 18.7 Å². The number of rotatable bonds is 2. The minimum Gasteiger partial charge on any atom is -0.465 e. The van der Waals surface area contributed by atoms with Crippen molar-refractivity contribution in [1.29, 1.82) is 0 Å². The fourth-order valence-corrected chi connectivity index (χ4v) is 5.40. The number of fused-ring (bicyclic) bond motifs is 1. The molecule has 6 nitrogen and oxygen atoms in total. The second-order valence-corrected chi connectivity index (χ2v) is 9.01. The molecular formula is C19H26FN3O3S. The standard InChI is InChI=1S/C19H26FN3O3S/c1-5-15-13-9-27-16(23(17(24)25)18(2,3)4)22-19(13,10-26-15)12-8-11(21)6-7-14(12)20/h6-8,13,15H,5,9-10,21H2,1-4H3,(H,24,25). The zero-order chi connectivity index (χ0) is 20.0. The quantitative estimate of drug-likeness (QED) is 0.741. The molecule has 0 aromatic heterocycles. The van der Waals surface area contributed by atoms with E-state index in [9.17, 15) is 14.3 Å². The summed E-state index contributed by atoms with van der Waals surface area (Å²) in [5.74, 6) is 0.149. The number of amidine groups is 1. The lowest BCUT2D eigenvalue weighted by Crippen LogP contribution is -2.51.